The van der Waals surface area contributed by atoms with E-state index in [4.69, 9.17) is 0 Å². The van der Waals surface area contributed by atoms with Gasteiger partial charge in [0, 0.05) is 17.5 Å². The van der Waals surface area contributed by atoms with Crippen molar-refractivity contribution in [2.24, 2.45) is 0 Å². The Morgan fingerprint density at radius 2 is 2.43 bits per heavy atom. The maximum absolute atomic E-state index is 10.9. The third kappa shape index (κ3) is 2.53. The minimum absolute atomic E-state index is 0.0387. The van der Waals surface area contributed by atoms with E-state index in [0.29, 0.717) is 5.56 Å². The molecular formula is C10H13NO3. The molecule has 4 heteroatoms. The van der Waals surface area contributed by atoms with Gasteiger partial charge in [-0.1, -0.05) is 6.07 Å². The second-order valence-corrected chi connectivity index (χ2v) is 2.97. The van der Waals surface area contributed by atoms with E-state index in [-0.39, 0.29) is 6.42 Å². The molecule has 1 N–H and O–H groups in total. The first kappa shape index (κ1) is 10.7. The number of pyridine rings is 1. The molecule has 76 valence electrons. The van der Waals surface area contributed by atoms with E-state index < -0.39 is 12.1 Å². The minimum Gasteiger partial charge on any atom is -0.469 e. The molecule has 0 spiro atoms. The fraction of sp³-hybridized carbons (Fsp3) is 0.400. The molecule has 0 aliphatic heterocycles. The van der Waals surface area contributed by atoms with E-state index in [2.05, 4.69) is 9.72 Å². The van der Waals surface area contributed by atoms with E-state index in [1.54, 1.807) is 25.3 Å². The second kappa shape index (κ2) is 4.72. The smallest absolute Gasteiger partial charge is 0.308 e. The molecule has 0 saturated heterocycles. The highest BCUT2D eigenvalue weighted by atomic mass is 16.5. The Labute approximate surface area is 82.5 Å². The van der Waals surface area contributed by atoms with Crippen molar-refractivity contribution in [2.75, 3.05) is 7.11 Å². The quantitative estimate of drug-likeness (QED) is 0.730. The van der Waals surface area contributed by atoms with Gasteiger partial charge in [-0.3, -0.25) is 9.78 Å². The zero-order valence-corrected chi connectivity index (χ0v) is 8.23. The summed E-state index contributed by atoms with van der Waals surface area (Å²) in [5, 5.41) is 9.66. The Bertz CT molecular complexity index is 325. The van der Waals surface area contributed by atoms with Crippen molar-refractivity contribution >= 4 is 5.97 Å². The molecule has 1 heterocycles. The third-order valence-corrected chi connectivity index (χ3v) is 1.99. The SMILES string of the molecule is COC(=O)C[C@H](O)c1cccnc1C. The molecule has 0 fully saturated rings. The van der Waals surface area contributed by atoms with Crippen LogP contribution in [0.15, 0.2) is 18.3 Å². The van der Waals surface area contributed by atoms with Crippen LogP contribution < -0.4 is 0 Å². The number of hydrogen-bond acceptors (Lipinski definition) is 4. The molecule has 1 atom stereocenters. The van der Waals surface area contributed by atoms with Gasteiger partial charge in [0.25, 0.3) is 0 Å². The molecule has 0 aromatic carbocycles. The predicted molar refractivity (Wildman–Crippen MR) is 50.6 cm³/mol. The third-order valence-electron chi connectivity index (χ3n) is 1.99. The summed E-state index contributed by atoms with van der Waals surface area (Å²) in [6.07, 6.45) is 0.767. The van der Waals surface area contributed by atoms with Crippen LogP contribution in [0.4, 0.5) is 0 Å². The van der Waals surface area contributed by atoms with Gasteiger partial charge in [-0.25, -0.2) is 0 Å². The molecule has 0 saturated carbocycles. The number of carbonyl (C=O) groups excluding carboxylic acids is 1. The van der Waals surface area contributed by atoms with E-state index in [9.17, 15) is 9.90 Å². The first-order valence-corrected chi connectivity index (χ1v) is 4.31. The lowest BCUT2D eigenvalue weighted by atomic mass is 10.1. The Morgan fingerprint density at radius 1 is 1.71 bits per heavy atom. The number of carbonyl (C=O) groups is 1. The molecule has 0 aliphatic rings. The monoisotopic (exact) mass is 195 g/mol. The molecule has 1 aromatic rings. The molecular weight excluding hydrogens is 182 g/mol. The van der Waals surface area contributed by atoms with Crippen LogP contribution >= 0.6 is 0 Å². The Hall–Kier alpha value is -1.42. The Morgan fingerprint density at radius 3 is 3.00 bits per heavy atom. The number of aliphatic hydroxyl groups excluding tert-OH is 1. The lowest BCUT2D eigenvalue weighted by Gasteiger charge is -2.10. The fourth-order valence-electron chi connectivity index (χ4n) is 1.20. The lowest BCUT2D eigenvalue weighted by molar-refractivity contribution is -0.142. The molecule has 0 amide bonds. The van der Waals surface area contributed by atoms with Gasteiger partial charge in [0.15, 0.2) is 0 Å². The van der Waals surface area contributed by atoms with Crippen molar-refractivity contribution in [1.29, 1.82) is 0 Å². The van der Waals surface area contributed by atoms with Crippen molar-refractivity contribution in [3.05, 3.63) is 29.6 Å². The average Bonchev–Trinajstić information content (AvgIpc) is 2.18. The molecule has 14 heavy (non-hydrogen) atoms. The highest BCUT2D eigenvalue weighted by Gasteiger charge is 2.15. The Kier molecular flexibility index (Phi) is 3.59. The highest BCUT2D eigenvalue weighted by molar-refractivity contribution is 5.70. The van der Waals surface area contributed by atoms with Crippen LogP contribution in [0.1, 0.15) is 23.8 Å². The second-order valence-electron chi connectivity index (χ2n) is 2.97. The van der Waals surface area contributed by atoms with E-state index >= 15 is 0 Å². The standard InChI is InChI=1S/C10H13NO3/c1-7-8(4-3-5-11-7)9(12)6-10(13)14-2/h3-5,9,12H,6H2,1-2H3/t9-/m0/s1. The van der Waals surface area contributed by atoms with Gasteiger partial charge >= 0.3 is 5.97 Å². The first-order chi connectivity index (χ1) is 6.65. The van der Waals surface area contributed by atoms with E-state index in [0.717, 1.165) is 5.69 Å². The number of rotatable bonds is 3. The van der Waals surface area contributed by atoms with Gasteiger partial charge < -0.3 is 9.84 Å². The van der Waals surface area contributed by atoms with Gasteiger partial charge in [-0.2, -0.15) is 0 Å². The minimum atomic E-state index is -0.837. The maximum Gasteiger partial charge on any atom is 0.308 e. The van der Waals surface area contributed by atoms with Crippen LogP contribution in [0.5, 0.6) is 0 Å². The molecule has 1 rings (SSSR count). The van der Waals surface area contributed by atoms with Crippen molar-refractivity contribution in [1.82, 2.24) is 4.98 Å². The molecule has 1 aromatic heterocycles. The number of ether oxygens (including phenoxy) is 1. The predicted octanol–water partition coefficient (Wildman–Crippen LogP) is 0.987. The van der Waals surface area contributed by atoms with Crippen LogP contribution in [0.3, 0.4) is 0 Å². The zero-order valence-electron chi connectivity index (χ0n) is 8.23. The Balaban J connectivity index is 2.74. The summed E-state index contributed by atoms with van der Waals surface area (Å²) >= 11 is 0. The summed E-state index contributed by atoms with van der Waals surface area (Å²) in [6.45, 7) is 1.79. The fourth-order valence-corrected chi connectivity index (χ4v) is 1.20. The number of aryl methyl sites for hydroxylation is 1. The largest absolute Gasteiger partial charge is 0.469 e. The van der Waals surface area contributed by atoms with E-state index in [1.165, 1.54) is 7.11 Å². The van der Waals surface area contributed by atoms with Gasteiger partial charge in [-0.05, 0) is 13.0 Å². The van der Waals surface area contributed by atoms with Crippen molar-refractivity contribution < 1.29 is 14.6 Å². The summed E-state index contributed by atoms with van der Waals surface area (Å²) in [5.74, 6) is -0.430. The first-order valence-electron chi connectivity index (χ1n) is 4.31. The topological polar surface area (TPSA) is 59.4 Å². The van der Waals surface area contributed by atoms with Crippen LogP contribution in [-0.4, -0.2) is 23.2 Å². The maximum atomic E-state index is 10.9. The number of hydrogen-bond donors (Lipinski definition) is 1. The number of aromatic nitrogens is 1. The normalized spacial score (nSPS) is 12.2. The number of esters is 1. The highest BCUT2D eigenvalue weighted by Crippen LogP contribution is 2.18. The zero-order chi connectivity index (χ0) is 10.6. The molecule has 0 radical (unpaired) electrons. The summed E-state index contributed by atoms with van der Waals surface area (Å²) in [6, 6.07) is 3.47. The van der Waals surface area contributed by atoms with Crippen molar-refractivity contribution in [3.63, 3.8) is 0 Å². The number of nitrogens with zero attached hydrogens (tertiary/aromatic N) is 1. The number of methoxy groups -OCH3 is 1. The van der Waals surface area contributed by atoms with Crippen LogP contribution in [0.25, 0.3) is 0 Å². The molecule has 4 nitrogen and oxygen atoms in total. The van der Waals surface area contributed by atoms with Gasteiger partial charge in [0.2, 0.25) is 0 Å². The van der Waals surface area contributed by atoms with Gasteiger partial charge in [0.05, 0.1) is 19.6 Å². The average molecular weight is 195 g/mol. The lowest BCUT2D eigenvalue weighted by Crippen LogP contribution is -2.09. The molecule has 0 unspecified atom stereocenters. The van der Waals surface area contributed by atoms with Crippen LogP contribution in [-0.2, 0) is 9.53 Å². The van der Waals surface area contributed by atoms with Gasteiger partial charge in [0.1, 0.15) is 0 Å². The number of aliphatic hydroxyl groups is 1. The molecule has 0 bridgehead atoms. The van der Waals surface area contributed by atoms with Gasteiger partial charge in [-0.15, -0.1) is 0 Å². The summed E-state index contributed by atoms with van der Waals surface area (Å²) < 4.78 is 4.46. The molecule has 0 aliphatic carbocycles. The van der Waals surface area contributed by atoms with E-state index in [1.807, 2.05) is 0 Å². The van der Waals surface area contributed by atoms with Crippen molar-refractivity contribution in [3.8, 4) is 0 Å². The van der Waals surface area contributed by atoms with Crippen LogP contribution in [0.2, 0.25) is 0 Å². The van der Waals surface area contributed by atoms with Crippen molar-refractivity contribution in [2.45, 2.75) is 19.4 Å². The summed E-state index contributed by atoms with van der Waals surface area (Å²) in [7, 11) is 1.30. The summed E-state index contributed by atoms with van der Waals surface area (Å²) in [4.78, 5) is 14.9. The van der Waals surface area contributed by atoms with Crippen LogP contribution in [0, 0.1) is 6.92 Å². The summed E-state index contributed by atoms with van der Waals surface area (Å²) in [5.41, 5.74) is 1.39.